The third kappa shape index (κ3) is 2.37. The number of hydrogen-bond donors (Lipinski definition) is 2. The predicted molar refractivity (Wildman–Crippen MR) is 76.7 cm³/mol. The molecule has 0 fully saturated rings. The summed E-state index contributed by atoms with van der Waals surface area (Å²) in [5.41, 5.74) is 1.83. The maximum Gasteiger partial charge on any atom is 0.180 e. The van der Waals surface area contributed by atoms with Gasteiger partial charge in [0, 0.05) is 24.8 Å². The molecule has 6 nitrogen and oxygen atoms in total. The standard InChI is InChI=1S/C12H14N6S/c1-8-16-9(7-19-8)5-15-11-12-14-3-4-18(12)6-10(13-2)17-11/h3-4,6-7,13H,5H2,1-2H3,(H,15,17). The zero-order chi connectivity index (χ0) is 13.2. The van der Waals surface area contributed by atoms with Gasteiger partial charge in [0.25, 0.3) is 0 Å². The van der Waals surface area contributed by atoms with Crippen LogP contribution in [0.25, 0.3) is 5.65 Å². The minimum Gasteiger partial charge on any atom is -0.372 e. The Labute approximate surface area is 114 Å². The number of anilines is 2. The predicted octanol–water partition coefficient (Wildman–Crippen LogP) is 2.15. The number of nitrogens with zero attached hydrogens (tertiary/aromatic N) is 4. The normalized spacial score (nSPS) is 10.8. The maximum atomic E-state index is 4.48. The maximum absolute atomic E-state index is 4.48. The van der Waals surface area contributed by atoms with E-state index in [2.05, 4.69) is 25.6 Å². The molecule has 2 N–H and O–H groups in total. The molecule has 0 aliphatic heterocycles. The molecule has 0 unspecified atom stereocenters. The number of hydrogen-bond acceptors (Lipinski definition) is 6. The molecular weight excluding hydrogens is 260 g/mol. The van der Waals surface area contributed by atoms with Crippen LogP contribution in [0.4, 0.5) is 11.6 Å². The summed E-state index contributed by atoms with van der Waals surface area (Å²) in [6.45, 7) is 2.65. The molecule has 0 aliphatic rings. The number of nitrogens with one attached hydrogen (secondary N) is 2. The van der Waals surface area contributed by atoms with Gasteiger partial charge in [0.1, 0.15) is 5.82 Å². The van der Waals surface area contributed by atoms with Crippen molar-refractivity contribution in [3.8, 4) is 0 Å². The number of rotatable bonds is 4. The lowest BCUT2D eigenvalue weighted by molar-refractivity contribution is 1.02. The molecule has 98 valence electrons. The molecular formula is C12H14N6S. The first kappa shape index (κ1) is 11.9. The van der Waals surface area contributed by atoms with Crippen LogP contribution in [0.5, 0.6) is 0 Å². The molecule has 0 bridgehead atoms. The van der Waals surface area contributed by atoms with Gasteiger partial charge in [-0.2, -0.15) is 0 Å². The molecule has 0 spiro atoms. The first-order chi connectivity index (χ1) is 9.26. The summed E-state index contributed by atoms with van der Waals surface area (Å²) in [5.74, 6) is 1.55. The highest BCUT2D eigenvalue weighted by molar-refractivity contribution is 7.09. The Morgan fingerprint density at radius 2 is 2.26 bits per heavy atom. The van der Waals surface area contributed by atoms with Crippen molar-refractivity contribution in [2.24, 2.45) is 0 Å². The monoisotopic (exact) mass is 274 g/mol. The Morgan fingerprint density at radius 1 is 1.37 bits per heavy atom. The van der Waals surface area contributed by atoms with Crippen molar-refractivity contribution < 1.29 is 0 Å². The summed E-state index contributed by atoms with van der Waals surface area (Å²) in [6, 6.07) is 0. The number of aromatic nitrogens is 4. The highest BCUT2D eigenvalue weighted by Gasteiger charge is 2.07. The van der Waals surface area contributed by atoms with Crippen molar-refractivity contribution in [2.75, 3.05) is 17.7 Å². The second-order valence-electron chi connectivity index (χ2n) is 4.09. The van der Waals surface area contributed by atoms with Gasteiger partial charge in [-0.1, -0.05) is 0 Å². The van der Waals surface area contributed by atoms with Gasteiger partial charge in [-0.3, -0.25) is 0 Å². The molecule has 0 aromatic carbocycles. The summed E-state index contributed by atoms with van der Waals surface area (Å²) in [5, 5.41) is 9.44. The lowest BCUT2D eigenvalue weighted by atomic mass is 10.4. The lowest BCUT2D eigenvalue weighted by Crippen LogP contribution is -2.06. The fourth-order valence-corrected chi connectivity index (χ4v) is 2.45. The Hall–Kier alpha value is -2.15. The number of thiazole rings is 1. The van der Waals surface area contributed by atoms with E-state index >= 15 is 0 Å². The Morgan fingerprint density at radius 3 is 3.00 bits per heavy atom. The molecule has 0 saturated carbocycles. The van der Waals surface area contributed by atoms with Gasteiger partial charge in [0.15, 0.2) is 11.5 Å². The van der Waals surface area contributed by atoms with Gasteiger partial charge in [-0.15, -0.1) is 11.3 Å². The molecule has 3 heterocycles. The molecule has 3 aromatic heterocycles. The van der Waals surface area contributed by atoms with Crippen LogP contribution in [-0.4, -0.2) is 26.4 Å². The van der Waals surface area contributed by atoms with Gasteiger partial charge < -0.3 is 15.0 Å². The van der Waals surface area contributed by atoms with Crippen LogP contribution in [0.2, 0.25) is 0 Å². The van der Waals surface area contributed by atoms with Gasteiger partial charge in [-0.05, 0) is 6.92 Å². The number of fused-ring (bicyclic) bond motifs is 1. The van der Waals surface area contributed by atoms with Crippen LogP contribution in [0.3, 0.4) is 0 Å². The SMILES string of the molecule is CNc1cn2ccnc2c(NCc2csc(C)n2)n1. The Bertz CT molecular complexity index is 701. The summed E-state index contributed by atoms with van der Waals surface area (Å²) < 4.78 is 1.94. The van der Waals surface area contributed by atoms with E-state index in [1.165, 1.54) is 0 Å². The molecule has 7 heteroatoms. The topological polar surface area (TPSA) is 67.1 Å². The van der Waals surface area contributed by atoms with E-state index in [-0.39, 0.29) is 0 Å². The molecule has 0 radical (unpaired) electrons. The number of imidazole rings is 1. The minimum absolute atomic E-state index is 0.646. The largest absolute Gasteiger partial charge is 0.372 e. The van der Waals surface area contributed by atoms with Crippen LogP contribution >= 0.6 is 11.3 Å². The van der Waals surface area contributed by atoms with Crippen molar-refractivity contribution in [2.45, 2.75) is 13.5 Å². The van der Waals surface area contributed by atoms with Crippen molar-refractivity contribution in [1.29, 1.82) is 0 Å². The molecule has 0 amide bonds. The Balaban J connectivity index is 1.88. The van der Waals surface area contributed by atoms with E-state index in [1.807, 2.05) is 36.1 Å². The van der Waals surface area contributed by atoms with E-state index in [0.29, 0.717) is 6.54 Å². The van der Waals surface area contributed by atoms with Gasteiger partial charge >= 0.3 is 0 Å². The van der Waals surface area contributed by atoms with E-state index < -0.39 is 0 Å². The zero-order valence-corrected chi connectivity index (χ0v) is 11.5. The van der Waals surface area contributed by atoms with Crippen molar-refractivity contribution in [1.82, 2.24) is 19.4 Å². The fourth-order valence-electron chi connectivity index (χ4n) is 1.83. The molecule has 0 atom stereocenters. The van der Waals surface area contributed by atoms with E-state index in [1.54, 1.807) is 17.5 Å². The fraction of sp³-hybridized carbons (Fsp3) is 0.250. The molecule has 0 aliphatic carbocycles. The quantitative estimate of drug-likeness (QED) is 0.763. The first-order valence-electron chi connectivity index (χ1n) is 5.92. The van der Waals surface area contributed by atoms with E-state index in [4.69, 9.17) is 0 Å². The molecule has 0 saturated heterocycles. The van der Waals surface area contributed by atoms with Crippen LogP contribution in [0, 0.1) is 6.92 Å². The highest BCUT2D eigenvalue weighted by Crippen LogP contribution is 2.17. The molecule has 3 aromatic rings. The third-order valence-corrected chi connectivity index (χ3v) is 3.56. The average molecular weight is 274 g/mol. The second kappa shape index (κ2) is 4.85. The van der Waals surface area contributed by atoms with Crippen LogP contribution in [-0.2, 0) is 6.54 Å². The second-order valence-corrected chi connectivity index (χ2v) is 5.16. The Kier molecular flexibility index (Phi) is 3.04. The summed E-state index contributed by atoms with van der Waals surface area (Å²) >= 11 is 1.65. The smallest absolute Gasteiger partial charge is 0.180 e. The van der Waals surface area contributed by atoms with E-state index in [9.17, 15) is 0 Å². The van der Waals surface area contributed by atoms with Crippen molar-refractivity contribution >= 4 is 28.6 Å². The van der Waals surface area contributed by atoms with Crippen molar-refractivity contribution in [3.63, 3.8) is 0 Å². The highest BCUT2D eigenvalue weighted by atomic mass is 32.1. The van der Waals surface area contributed by atoms with Crippen molar-refractivity contribution in [3.05, 3.63) is 34.7 Å². The molecule has 3 rings (SSSR count). The first-order valence-corrected chi connectivity index (χ1v) is 6.80. The van der Waals surface area contributed by atoms with Gasteiger partial charge in [0.05, 0.1) is 23.4 Å². The van der Waals surface area contributed by atoms with Gasteiger partial charge in [-0.25, -0.2) is 15.0 Å². The molecule has 19 heavy (non-hydrogen) atoms. The average Bonchev–Trinajstić information content (AvgIpc) is 3.04. The van der Waals surface area contributed by atoms with Gasteiger partial charge in [0.2, 0.25) is 0 Å². The van der Waals surface area contributed by atoms with E-state index in [0.717, 1.165) is 28.0 Å². The zero-order valence-electron chi connectivity index (χ0n) is 10.7. The lowest BCUT2D eigenvalue weighted by Gasteiger charge is -2.08. The summed E-state index contributed by atoms with van der Waals surface area (Å²) in [6.07, 6.45) is 5.56. The third-order valence-electron chi connectivity index (χ3n) is 2.73. The summed E-state index contributed by atoms with van der Waals surface area (Å²) in [4.78, 5) is 13.2. The summed E-state index contributed by atoms with van der Waals surface area (Å²) in [7, 11) is 1.85. The minimum atomic E-state index is 0.646. The number of aryl methyl sites for hydroxylation is 1. The van der Waals surface area contributed by atoms with Crippen LogP contribution in [0.1, 0.15) is 10.7 Å². The van der Waals surface area contributed by atoms with Crippen LogP contribution < -0.4 is 10.6 Å². The van der Waals surface area contributed by atoms with Crippen LogP contribution in [0.15, 0.2) is 24.0 Å².